The third-order valence-electron chi connectivity index (χ3n) is 3.23. The molecule has 3 nitrogen and oxygen atoms in total. The smallest absolute Gasteiger partial charge is 0.139 e. The number of imidazole rings is 1. The molecule has 0 bridgehead atoms. The van der Waals surface area contributed by atoms with E-state index in [0.717, 1.165) is 23.3 Å². The Morgan fingerprint density at radius 3 is 3.00 bits per heavy atom. The summed E-state index contributed by atoms with van der Waals surface area (Å²) in [4.78, 5) is 7.56. The Labute approximate surface area is 107 Å². The number of hydrogen-bond donors (Lipinski definition) is 2. The molecule has 0 aliphatic heterocycles. The number of hydrogen-bond acceptors (Lipinski definition) is 2. The number of nitrogens with zero attached hydrogens (tertiary/aromatic N) is 1. The number of benzene rings is 1. The van der Waals surface area contributed by atoms with Crippen molar-refractivity contribution in [2.75, 3.05) is 0 Å². The molecule has 0 saturated heterocycles. The Kier molecular flexibility index (Phi) is 2.67. The second-order valence-corrected chi connectivity index (χ2v) is 5.53. The normalized spacial score (nSPS) is 17.6. The topological polar surface area (TPSA) is 54.7 Å². The highest BCUT2D eigenvalue weighted by molar-refractivity contribution is 9.10. The van der Waals surface area contributed by atoms with Gasteiger partial charge in [0.25, 0.3) is 0 Å². The van der Waals surface area contributed by atoms with Gasteiger partial charge in [-0.25, -0.2) is 9.37 Å². The zero-order valence-corrected chi connectivity index (χ0v) is 10.8. The summed E-state index contributed by atoms with van der Waals surface area (Å²) in [6.07, 6.45) is 3.18. The summed E-state index contributed by atoms with van der Waals surface area (Å²) >= 11 is 3.16. The van der Waals surface area contributed by atoms with Crippen LogP contribution in [0.3, 0.4) is 0 Å². The van der Waals surface area contributed by atoms with Gasteiger partial charge in [0.2, 0.25) is 0 Å². The van der Waals surface area contributed by atoms with Gasteiger partial charge in [0.05, 0.1) is 15.5 Å². The summed E-state index contributed by atoms with van der Waals surface area (Å²) in [5.74, 6) is 1.21. The van der Waals surface area contributed by atoms with E-state index in [2.05, 4.69) is 25.9 Å². The monoisotopic (exact) mass is 297 g/mol. The van der Waals surface area contributed by atoms with E-state index in [4.69, 9.17) is 5.73 Å². The van der Waals surface area contributed by atoms with Gasteiger partial charge in [-0.15, -0.1) is 0 Å². The molecule has 0 spiro atoms. The van der Waals surface area contributed by atoms with Crippen molar-refractivity contribution in [1.29, 1.82) is 0 Å². The van der Waals surface area contributed by atoms with Crippen molar-refractivity contribution >= 4 is 27.0 Å². The molecule has 1 heterocycles. The SMILES string of the molecule is NC(Cc1nc2cc(Br)c(F)cc2[nH]1)C1CC1. The highest BCUT2D eigenvalue weighted by atomic mass is 79.9. The first-order valence-corrected chi connectivity index (χ1v) is 6.52. The summed E-state index contributed by atoms with van der Waals surface area (Å²) in [5, 5.41) is 0. The summed E-state index contributed by atoms with van der Waals surface area (Å²) in [7, 11) is 0. The highest BCUT2D eigenvalue weighted by Gasteiger charge is 2.29. The fraction of sp³-hybridized carbons (Fsp3) is 0.417. The quantitative estimate of drug-likeness (QED) is 0.915. The first-order chi connectivity index (χ1) is 8.13. The minimum atomic E-state index is -0.279. The molecule has 1 aromatic carbocycles. The molecule has 1 unspecified atom stereocenters. The zero-order chi connectivity index (χ0) is 12.0. The Hall–Kier alpha value is -0.940. The zero-order valence-electron chi connectivity index (χ0n) is 9.21. The number of halogens is 2. The number of nitrogens with one attached hydrogen (secondary N) is 1. The third kappa shape index (κ3) is 2.21. The predicted molar refractivity (Wildman–Crippen MR) is 68.2 cm³/mol. The molecule has 1 atom stereocenters. The maximum absolute atomic E-state index is 13.3. The average molecular weight is 298 g/mol. The van der Waals surface area contributed by atoms with E-state index < -0.39 is 0 Å². The number of nitrogens with two attached hydrogens (primary N) is 1. The standard InChI is InChI=1S/C12H13BrFN3/c13-7-3-10-11(4-8(7)14)17-12(16-10)5-9(15)6-1-2-6/h3-4,6,9H,1-2,5,15H2,(H,16,17). The Morgan fingerprint density at radius 1 is 1.53 bits per heavy atom. The summed E-state index contributed by atoms with van der Waals surface area (Å²) in [6.45, 7) is 0. The Morgan fingerprint density at radius 2 is 2.29 bits per heavy atom. The number of aromatic amines is 1. The molecule has 17 heavy (non-hydrogen) atoms. The van der Waals surface area contributed by atoms with Crippen LogP contribution in [-0.2, 0) is 6.42 Å². The van der Waals surface area contributed by atoms with Crippen molar-refractivity contribution < 1.29 is 4.39 Å². The lowest BCUT2D eigenvalue weighted by atomic mass is 10.1. The number of rotatable bonds is 3. The molecule has 1 aliphatic rings. The highest BCUT2D eigenvalue weighted by Crippen LogP contribution is 2.32. The van der Waals surface area contributed by atoms with Crippen LogP contribution in [-0.4, -0.2) is 16.0 Å². The van der Waals surface area contributed by atoms with Crippen molar-refractivity contribution in [3.63, 3.8) is 0 Å². The molecule has 1 fully saturated rings. The molecule has 0 radical (unpaired) electrons. The van der Waals surface area contributed by atoms with Crippen LogP contribution < -0.4 is 5.73 Å². The van der Waals surface area contributed by atoms with Crippen molar-refractivity contribution in [2.24, 2.45) is 11.7 Å². The molecule has 3 rings (SSSR count). The average Bonchev–Trinajstić information content (AvgIpc) is 3.04. The minimum absolute atomic E-state index is 0.170. The molecule has 3 N–H and O–H groups in total. The molecule has 0 amide bonds. The van der Waals surface area contributed by atoms with Gasteiger partial charge in [0.1, 0.15) is 11.6 Å². The van der Waals surface area contributed by atoms with E-state index >= 15 is 0 Å². The van der Waals surface area contributed by atoms with E-state index in [1.54, 1.807) is 6.07 Å². The van der Waals surface area contributed by atoms with Crippen LogP contribution in [0.5, 0.6) is 0 Å². The van der Waals surface area contributed by atoms with Crippen molar-refractivity contribution in [3.05, 3.63) is 28.2 Å². The summed E-state index contributed by atoms with van der Waals surface area (Å²) in [6, 6.07) is 3.31. The van der Waals surface area contributed by atoms with Gasteiger partial charge in [-0.05, 0) is 40.8 Å². The van der Waals surface area contributed by atoms with E-state index in [1.165, 1.54) is 18.9 Å². The fourth-order valence-corrected chi connectivity index (χ4v) is 2.40. The van der Waals surface area contributed by atoms with Gasteiger partial charge in [-0.3, -0.25) is 0 Å². The lowest BCUT2D eigenvalue weighted by Crippen LogP contribution is -2.25. The van der Waals surface area contributed by atoms with Gasteiger partial charge in [-0.1, -0.05) is 0 Å². The van der Waals surface area contributed by atoms with Gasteiger partial charge in [-0.2, -0.15) is 0 Å². The maximum atomic E-state index is 13.3. The second-order valence-electron chi connectivity index (χ2n) is 4.67. The largest absolute Gasteiger partial charge is 0.342 e. The number of H-pyrrole nitrogens is 1. The number of aromatic nitrogens is 2. The molecule has 1 aliphatic carbocycles. The number of fused-ring (bicyclic) bond motifs is 1. The molecule has 1 aromatic heterocycles. The lowest BCUT2D eigenvalue weighted by Gasteiger charge is -2.06. The van der Waals surface area contributed by atoms with Crippen LogP contribution >= 0.6 is 15.9 Å². The molecule has 1 saturated carbocycles. The van der Waals surface area contributed by atoms with Crippen molar-refractivity contribution in [1.82, 2.24) is 9.97 Å². The first-order valence-electron chi connectivity index (χ1n) is 5.72. The van der Waals surface area contributed by atoms with Crippen LogP contribution in [0.4, 0.5) is 4.39 Å². The molecule has 5 heteroatoms. The predicted octanol–water partition coefficient (Wildman–Crippen LogP) is 2.74. The Balaban J connectivity index is 1.90. The minimum Gasteiger partial charge on any atom is -0.342 e. The molecular weight excluding hydrogens is 285 g/mol. The fourth-order valence-electron chi connectivity index (χ4n) is 2.07. The Bertz CT molecular complexity index is 523. The second kappa shape index (κ2) is 4.07. The van der Waals surface area contributed by atoms with Gasteiger partial charge in [0, 0.05) is 18.5 Å². The van der Waals surface area contributed by atoms with Gasteiger partial charge < -0.3 is 10.7 Å². The van der Waals surface area contributed by atoms with Crippen LogP contribution in [0.1, 0.15) is 18.7 Å². The molecular formula is C12H13BrFN3. The van der Waals surface area contributed by atoms with Crippen molar-refractivity contribution in [2.45, 2.75) is 25.3 Å². The van der Waals surface area contributed by atoms with E-state index in [9.17, 15) is 4.39 Å². The summed E-state index contributed by atoms with van der Waals surface area (Å²) < 4.78 is 13.8. The van der Waals surface area contributed by atoms with Gasteiger partial charge >= 0.3 is 0 Å². The van der Waals surface area contributed by atoms with Gasteiger partial charge in [0.15, 0.2) is 0 Å². The summed E-state index contributed by atoms with van der Waals surface area (Å²) in [5.41, 5.74) is 7.55. The van der Waals surface area contributed by atoms with Crippen LogP contribution in [0, 0.1) is 11.7 Å². The third-order valence-corrected chi connectivity index (χ3v) is 3.84. The molecule has 2 aromatic rings. The van der Waals surface area contributed by atoms with E-state index in [-0.39, 0.29) is 11.9 Å². The van der Waals surface area contributed by atoms with Crippen LogP contribution in [0.25, 0.3) is 11.0 Å². The maximum Gasteiger partial charge on any atom is 0.139 e. The van der Waals surface area contributed by atoms with E-state index in [0.29, 0.717) is 10.4 Å². The van der Waals surface area contributed by atoms with E-state index in [1.807, 2.05) is 0 Å². The lowest BCUT2D eigenvalue weighted by molar-refractivity contribution is 0.579. The van der Waals surface area contributed by atoms with Crippen molar-refractivity contribution in [3.8, 4) is 0 Å². The van der Waals surface area contributed by atoms with Crippen LogP contribution in [0.15, 0.2) is 16.6 Å². The first kappa shape index (κ1) is 11.2. The molecule has 90 valence electrons. The van der Waals surface area contributed by atoms with Crippen LogP contribution in [0.2, 0.25) is 0 Å².